The number of aromatic amines is 1. The Morgan fingerprint density at radius 3 is 2.69 bits per heavy atom. The van der Waals surface area contributed by atoms with Gasteiger partial charge in [0, 0.05) is 12.3 Å². The van der Waals surface area contributed by atoms with Gasteiger partial charge in [0.25, 0.3) is 0 Å². The van der Waals surface area contributed by atoms with Gasteiger partial charge in [-0.25, -0.2) is 0 Å². The summed E-state index contributed by atoms with van der Waals surface area (Å²) in [4.78, 5) is 0. The van der Waals surface area contributed by atoms with Crippen molar-refractivity contribution in [3.8, 4) is 5.75 Å². The first-order chi connectivity index (χ1) is 14.0. The number of ether oxygens (including phenoxy) is 2. The lowest BCUT2D eigenvalue weighted by molar-refractivity contribution is -0.181. The average Bonchev–Trinajstić information content (AvgIpc) is 3.27. The van der Waals surface area contributed by atoms with Crippen molar-refractivity contribution < 1.29 is 24.8 Å². The van der Waals surface area contributed by atoms with E-state index in [9.17, 15) is 15.3 Å². The minimum atomic E-state index is -1.10. The number of hydrogen-bond donors (Lipinski definition) is 4. The number of benzene rings is 1. The predicted molar refractivity (Wildman–Crippen MR) is 103 cm³/mol. The molecular formula is C19H25ClN4O5. The Hall–Kier alpha value is -1.78. The first-order valence-corrected chi connectivity index (χ1v) is 10.2. The lowest BCUT2D eigenvalue weighted by atomic mass is 9.87. The quantitative estimate of drug-likeness (QED) is 0.567. The van der Waals surface area contributed by atoms with E-state index < -0.39 is 24.4 Å². The summed E-state index contributed by atoms with van der Waals surface area (Å²) in [5.74, 6) is 1.60. The first kappa shape index (κ1) is 20.5. The zero-order chi connectivity index (χ0) is 20.4. The lowest BCUT2D eigenvalue weighted by Crippen LogP contribution is -2.47. The van der Waals surface area contributed by atoms with E-state index in [1.807, 2.05) is 12.1 Å². The van der Waals surface area contributed by atoms with Crippen LogP contribution in [0.4, 0.5) is 0 Å². The van der Waals surface area contributed by atoms with Gasteiger partial charge >= 0.3 is 0 Å². The van der Waals surface area contributed by atoms with Crippen molar-refractivity contribution in [3.05, 3.63) is 34.6 Å². The number of H-pyrrole nitrogens is 1. The fraction of sp³-hybridized carbons (Fsp3) is 0.632. The third-order valence-electron chi connectivity index (χ3n) is 5.77. The highest BCUT2D eigenvalue weighted by Crippen LogP contribution is 2.38. The highest BCUT2D eigenvalue weighted by molar-refractivity contribution is 6.32. The average molecular weight is 425 g/mol. The summed E-state index contributed by atoms with van der Waals surface area (Å²) >= 11 is 6.34. The Morgan fingerprint density at radius 1 is 1.21 bits per heavy atom. The van der Waals surface area contributed by atoms with Crippen molar-refractivity contribution in [3.63, 3.8) is 0 Å². The Kier molecular flexibility index (Phi) is 6.31. The molecule has 9 nitrogen and oxygen atoms in total. The summed E-state index contributed by atoms with van der Waals surface area (Å²) in [7, 11) is 0. The van der Waals surface area contributed by atoms with Crippen molar-refractivity contribution in [2.24, 2.45) is 0 Å². The van der Waals surface area contributed by atoms with E-state index in [1.165, 1.54) is 0 Å². The predicted octanol–water partition coefficient (Wildman–Crippen LogP) is 1.50. The summed E-state index contributed by atoms with van der Waals surface area (Å²) in [6.07, 6.45) is 0.452. The Morgan fingerprint density at radius 2 is 2.00 bits per heavy atom. The maximum Gasteiger partial charge on any atom is 0.177 e. The highest BCUT2D eigenvalue weighted by Gasteiger charge is 2.37. The van der Waals surface area contributed by atoms with Gasteiger partial charge in [0.15, 0.2) is 5.82 Å². The third-order valence-corrected chi connectivity index (χ3v) is 6.08. The van der Waals surface area contributed by atoms with Gasteiger partial charge in [-0.05, 0) is 43.4 Å². The smallest absolute Gasteiger partial charge is 0.177 e. The lowest BCUT2D eigenvalue weighted by Gasteiger charge is -2.36. The van der Waals surface area contributed by atoms with Crippen molar-refractivity contribution in [2.75, 3.05) is 6.61 Å². The molecule has 2 fully saturated rings. The molecule has 0 spiro atoms. The second kappa shape index (κ2) is 8.93. The molecule has 0 bridgehead atoms. The molecule has 2 aliphatic rings. The summed E-state index contributed by atoms with van der Waals surface area (Å²) < 4.78 is 11.9. The molecule has 4 atom stereocenters. The number of aliphatic hydroxyl groups excluding tert-OH is 3. The van der Waals surface area contributed by atoms with Gasteiger partial charge in [0.2, 0.25) is 0 Å². The molecule has 1 saturated carbocycles. The van der Waals surface area contributed by atoms with Crippen molar-refractivity contribution in [1.82, 2.24) is 20.6 Å². The third kappa shape index (κ3) is 4.54. The van der Waals surface area contributed by atoms with Gasteiger partial charge in [-0.15, -0.1) is 10.2 Å². The summed E-state index contributed by atoms with van der Waals surface area (Å²) in [6.45, 7) is -0.366. The second-order valence-electron chi connectivity index (χ2n) is 7.69. The number of nitrogens with zero attached hydrogens (tertiary/aromatic N) is 3. The molecule has 29 heavy (non-hydrogen) atoms. The van der Waals surface area contributed by atoms with Crippen LogP contribution < -0.4 is 4.74 Å². The van der Waals surface area contributed by atoms with E-state index in [-0.39, 0.29) is 25.0 Å². The van der Waals surface area contributed by atoms with E-state index >= 15 is 0 Å². The maximum atomic E-state index is 10.1. The molecular weight excluding hydrogens is 400 g/mol. The monoisotopic (exact) mass is 424 g/mol. The Bertz CT molecular complexity index is 800. The fourth-order valence-corrected chi connectivity index (χ4v) is 4.25. The van der Waals surface area contributed by atoms with E-state index in [2.05, 4.69) is 20.6 Å². The number of halogens is 1. The molecule has 3 unspecified atom stereocenters. The molecule has 1 aliphatic heterocycles. The molecule has 10 heteroatoms. The van der Waals surface area contributed by atoms with Crippen molar-refractivity contribution >= 4 is 11.6 Å². The minimum Gasteiger partial charge on any atom is -0.489 e. The van der Waals surface area contributed by atoms with Crippen LogP contribution in [0, 0.1) is 0 Å². The molecule has 4 N–H and O–H groups in total. The van der Waals surface area contributed by atoms with Gasteiger partial charge in [-0.2, -0.15) is 5.21 Å². The standard InChI is InChI=1S/C19H25ClN4O5/c20-13-6-3-11(15-8-14(26)18(27)17(9-25)29-15)7-16(13)28-12-4-1-10(2-5-12)19-21-23-24-22-19/h3,6-7,10,12,14-15,17-18,25-27H,1-2,4-5,8-9H2,(H,21,22,23,24)/t10?,12?,14?,15?,17?,18-/m0/s1. The summed E-state index contributed by atoms with van der Waals surface area (Å²) in [6, 6.07) is 5.37. The molecule has 1 aliphatic carbocycles. The number of hydrogen-bond acceptors (Lipinski definition) is 8. The molecule has 1 aromatic carbocycles. The zero-order valence-corrected chi connectivity index (χ0v) is 16.6. The molecule has 0 amide bonds. The van der Waals surface area contributed by atoms with E-state index in [1.54, 1.807) is 6.07 Å². The molecule has 1 aromatic heterocycles. The summed E-state index contributed by atoms with van der Waals surface area (Å²) in [5.41, 5.74) is 0.786. The molecule has 1 saturated heterocycles. The largest absolute Gasteiger partial charge is 0.489 e. The van der Waals surface area contributed by atoms with Crippen molar-refractivity contribution in [2.45, 2.75) is 68.5 Å². The normalized spacial score (nSPS) is 32.8. The Labute approximate surface area is 173 Å². The minimum absolute atomic E-state index is 0.0378. The fourth-order valence-electron chi connectivity index (χ4n) is 4.09. The maximum absolute atomic E-state index is 10.1. The first-order valence-electron chi connectivity index (χ1n) is 9.87. The van der Waals surface area contributed by atoms with Gasteiger partial charge in [0.1, 0.15) is 18.0 Å². The topological polar surface area (TPSA) is 134 Å². The van der Waals surface area contributed by atoms with Gasteiger partial charge < -0.3 is 24.8 Å². The van der Waals surface area contributed by atoms with Crippen LogP contribution in [-0.2, 0) is 4.74 Å². The number of aromatic nitrogens is 4. The van der Waals surface area contributed by atoms with Crippen LogP contribution in [0.3, 0.4) is 0 Å². The van der Waals surface area contributed by atoms with Gasteiger partial charge in [-0.1, -0.05) is 22.9 Å². The molecule has 2 heterocycles. The number of tetrazole rings is 1. The molecule has 4 rings (SSSR count). The van der Waals surface area contributed by atoms with Crippen LogP contribution in [0.5, 0.6) is 5.75 Å². The zero-order valence-electron chi connectivity index (χ0n) is 15.8. The van der Waals surface area contributed by atoms with Gasteiger partial charge in [0.05, 0.1) is 29.9 Å². The van der Waals surface area contributed by atoms with Gasteiger partial charge in [-0.3, -0.25) is 0 Å². The van der Waals surface area contributed by atoms with E-state index in [4.69, 9.17) is 21.1 Å². The molecule has 0 radical (unpaired) electrons. The highest BCUT2D eigenvalue weighted by atomic mass is 35.5. The van der Waals surface area contributed by atoms with Crippen LogP contribution >= 0.6 is 11.6 Å². The van der Waals surface area contributed by atoms with Crippen LogP contribution in [0.15, 0.2) is 18.2 Å². The summed E-state index contributed by atoms with van der Waals surface area (Å²) in [5, 5.41) is 44.2. The molecule has 158 valence electrons. The number of aliphatic hydroxyl groups is 3. The SMILES string of the molecule is OCC1OC(c2ccc(Cl)c(OC3CCC(c4nn[nH]n4)CC3)c2)CC(O)[C@@H]1O. The van der Waals surface area contributed by atoms with E-state index in [0.717, 1.165) is 37.1 Å². The number of nitrogens with one attached hydrogen (secondary N) is 1. The van der Waals surface area contributed by atoms with Crippen LogP contribution in [0.25, 0.3) is 0 Å². The Balaban J connectivity index is 1.41. The van der Waals surface area contributed by atoms with Crippen molar-refractivity contribution in [1.29, 1.82) is 0 Å². The molecule has 2 aromatic rings. The number of rotatable bonds is 5. The van der Waals surface area contributed by atoms with Crippen LogP contribution in [-0.4, -0.2) is 67.0 Å². The van der Waals surface area contributed by atoms with Crippen LogP contribution in [0.2, 0.25) is 5.02 Å². The van der Waals surface area contributed by atoms with E-state index in [0.29, 0.717) is 10.8 Å². The second-order valence-corrected chi connectivity index (χ2v) is 8.10. The van der Waals surface area contributed by atoms with Crippen LogP contribution in [0.1, 0.15) is 55.5 Å².